The smallest absolute Gasteiger partial charge is 0.227 e. The van der Waals surface area contributed by atoms with Gasteiger partial charge in [0.2, 0.25) is 5.91 Å². The molecule has 1 fully saturated rings. The Kier molecular flexibility index (Phi) is 3.01. The second-order valence-corrected chi connectivity index (χ2v) is 3.87. The van der Waals surface area contributed by atoms with Crippen LogP contribution in [0, 0.1) is 6.92 Å². The monoisotopic (exact) mass is 209 g/mol. The highest BCUT2D eigenvalue weighted by Crippen LogP contribution is 2.11. The van der Waals surface area contributed by atoms with E-state index in [4.69, 9.17) is 4.52 Å². The van der Waals surface area contributed by atoms with Crippen LogP contribution in [0.3, 0.4) is 0 Å². The molecular formula is C10H15N3O2. The van der Waals surface area contributed by atoms with Crippen LogP contribution < -0.4 is 10.6 Å². The number of aromatic nitrogens is 1. The second kappa shape index (κ2) is 4.44. The highest BCUT2D eigenvalue weighted by Gasteiger charge is 2.18. The molecule has 0 aliphatic carbocycles. The van der Waals surface area contributed by atoms with Crippen molar-refractivity contribution in [3.63, 3.8) is 0 Å². The minimum atomic E-state index is -0.0114. The zero-order valence-corrected chi connectivity index (χ0v) is 8.75. The summed E-state index contributed by atoms with van der Waals surface area (Å²) in [4.78, 5) is 11.5. The third kappa shape index (κ3) is 2.79. The molecule has 1 saturated heterocycles. The van der Waals surface area contributed by atoms with E-state index in [0.717, 1.165) is 19.4 Å². The molecule has 5 nitrogen and oxygen atoms in total. The van der Waals surface area contributed by atoms with Crippen LogP contribution in [0.5, 0.6) is 0 Å². The largest absolute Gasteiger partial charge is 0.360 e. The van der Waals surface area contributed by atoms with Crippen LogP contribution in [0.25, 0.3) is 0 Å². The zero-order chi connectivity index (χ0) is 10.7. The molecular weight excluding hydrogens is 194 g/mol. The second-order valence-electron chi connectivity index (χ2n) is 3.87. The van der Waals surface area contributed by atoms with Crippen molar-refractivity contribution < 1.29 is 9.32 Å². The SMILES string of the molecule is Cc1cc(NC(=O)CC2CCCN2)no1. The molecule has 0 radical (unpaired) electrons. The van der Waals surface area contributed by atoms with Crippen molar-refractivity contribution in [3.8, 4) is 0 Å². The lowest BCUT2D eigenvalue weighted by Gasteiger charge is -2.08. The fraction of sp³-hybridized carbons (Fsp3) is 0.600. The first kappa shape index (κ1) is 10.2. The van der Waals surface area contributed by atoms with Gasteiger partial charge in [0.05, 0.1) is 0 Å². The molecule has 1 aliphatic rings. The van der Waals surface area contributed by atoms with E-state index in [1.807, 2.05) is 0 Å². The Morgan fingerprint density at radius 3 is 3.27 bits per heavy atom. The molecule has 82 valence electrons. The highest BCUT2D eigenvalue weighted by molar-refractivity contribution is 5.90. The van der Waals surface area contributed by atoms with Crippen LogP contribution in [0.2, 0.25) is 0 Å². The summed E-state index contributed by atoms with van der Waals surface area (Å²) < 4.78 is 4.86. The number of rotatable bonds is 3. The summed E-state index contributed by atoms with van der Waals surface area (Å²) in [7, 11) is 0. The van der Waals surface area contributed by atoms with E-state index in [0.29, 0.717) is 24.0 Å². The van der Waals surface area contributed by atoms with Gasteiger partial charge in [-0.25, -0.2) is 0 Å². The van der Waals surface area contributed by atoms with E-state index in [9.17, 15) is 4.79 Å². The van der Waals surface area contributed by atoms with Crippen LogP contribution in [0.15, 0.2) is 10.6 Å². The lowest BCUT2D eigenvalue weighted by molar-refractivity contribution is -0.116. The molecule has 5 heteroatoms. The quantitative estimate of drug-likeness (QED) is 0.781. The highest BCUT2D eigenvalue weighted by atomic mass is 16.5. The summed E-state index contributed by atoms with van der Waals surface area (Å²) in [6.07, 6.45) is 2.73. The van der Waals surface area contributed by atoms with E-state index in [1.165, 1.54) is 0 Å². The Morgan fingerprint density at radius 2 is 2.67 bits per heavy atom. The van der Waals surface area contributed by atoms with Crippen LogP contribution in [-0.4, -0.2) is 23.7 Å². The van der Waals surface area contributed by atoms with Crippen LogP contribution >= 0.6 is 0 Å². The van der Waals surface area contributed by atoms with Crippen molar-refractivity contribution >= 4 is 11.7 Å². The van der Waals surface area contributed by atoms with Crippen molar-refractivity contribution in [1.82, 2.24) is 10.5 Å². The average molecular weight is 209 g/mol. The Labute approximate surface area is 88.2 Å². The van der Waals surface area contributed by atoms with Gasteiger partial charge in [-0.2, -0.15) is 0 Å². The summed E-state index contributed by atoms with van der Waals surface area (Å²) >= 11 is 0. The first-order valence-electron chi connectivity index (χ1n) is 5.20. The fourth-order valence-corrected chi connectivity index (χ4v) is 1.77. The normalized spacial score (nSPS) is 20.5. The number of carbonyl (C=O) groups is 1. The molecule has 1 atom stereocenters. The Hall–Kier alpha value is -1.36. The lowest BCUT2D eigenvalue weighted by Crippen LogP contribution is -2.27. The Bertz CT molecular complexity index is 342. The molecule has 1 unspecified atom stereocenters. The van der Waals surface area contributed by atoms with Gasteiger partial charge in [-0.15, -0.1) is 0 Å². The number of hydrogen-bond donors (Lipinski definition) is 2. The summed E-state index contributed by atoms with van der Waals surface area (Å²) in [5.41, 5.74) is 0. The molecule has 15 heavy (non-hydrogen) atoms. The number of nitrogens with zero attached hydrogens (tertiary/aromatic N) is 1. The Morgan fingerprint density at radius 1 is 1.80 bits per heavy atom. The van der Waals surface area contributed by atoms with Gasteiger partial charge in [0, 0.05) is 18.5 Å². The summed E-state index contributed by atoms with van der Waals surface area (Å²) in [6.45, 7) is 2.81. The maximum atomic E-state index is 11.5. The van der Waals surface area contributed by atoms with Crippen LogP contribution in [-0.2, 0) is 4.79 Å². The van der Waals surface area contributed by atoms with Crippen molar-refractivity contribution in [3.05, 3.63) is 11.8 Å². The molecule has 1 aromatic heterocycles. The van der Waals surface area contributed by atoms with E-state index in [1.54, 1.807) is 13.0 Å². The number of carbonyl (C=O) groups excluding carboxylic acids is 1. The minimum absolute atomic E-state index is 0.0114. The predicted octanol–water partition coefficient (Wildman–Crippen LogP) is 1.06. The number of amides is 1. The van der Waals surface area contributed by atoms with Crippen molar-refractivity contribution in [2.45, 2.75) is 32.2 Å². The van der Waals surface area contributed by atoms with Gasteiger partial charge < -0.3 is 15.2 Å². The van der Waals surface area contributed by atoms with Crippen molar-refractivity contribution in [2.24, 2.45) is 0 Å². The van der Waals surface area contributed by atoms with E-state index in [2.05, 4.69) is 15.8 Å². The zero-order valence-electron chi connectivity index (χ0n) is 8.75. The fourth-order valence-electron chi connectivity index (χ4n) is 1.77. The van der Waals surface area contributed by atoms with Gasteiger partial charge in [-0.1, -0.05) is 5.16 Å². The van der Waals surface area contributed by atoms with Crippen LogP contribution in [0.4, 0.5) is 5.82 Å². The standard InChI is InChI=1S/C10H15N3O2/c1-7-5-9(13-15-7)12-10(14)6-8-3-2-4-11-8/h5,8,11H,2-4,6H2,1H3,(H,12,13,14). The molecule has 0 spiro atoms. The summed E-state index contributed by atoms with van der Waals surface area (Å²) in [5, 5.41) is 9.68. The van der Waals surface area contributed by atoms with E-state index < -0.39 is 0 Å². The predicted molar refractivity (Wildman–Crippen MR) is 55.5 cm³/mol. The molecule has 0 bridgehead atoms. The van der Waals surface area contributed by atoms with Crippen molar-refractivity contribution in [1.29, 1.82) is 0 Å². The van der Waals surface area contributed by atoms with Gasteiger partial charge in [-0.05, 0) is 26.3 Å². The number of aryl methyl sites for hydroxylation is 1. The molecule has 1 aromatic rings. The third-order valence-electron chi connectivity index (χ3n) is 2.49. The topological polar surface area (TPSA) is 67.2 Å². The minimum Gasteiger partial charge on any atom is -0.360 e. The average Bonchev–Trinajstić information content (AvgIpc) is 2.77. The molecule has 0 saturated carbocycles. The number of anilines is 1. The Balaban J connectivity index is 1.81. The van der Waals surface area contributed by atoms with Gasteiger partial charge in [0.1, 0.15) is 5.76 Å². The molecule has 2 N–H and O–H groups in total. The molecule has 1 amide bonds. The molecule has 2 heterocycles. The third-order valence-corrected chi connectivity index (χ3v) is 2.49. The lowest BCUT2D eigenvalue weighted by atomic mass is 10.1. The van der Waals surface area contributed by atoms with E-state index >= 15 is 0 Å². The maximum absolute atomic E-state index is 11.5. The van der Waals surface area contributed by atoms with E-state index in [-0.39, 0.29) is 5.91 Å². The number of nitrogens with one attached hydrogen (secondary N) is 2. The molecule has 1 aliphatic heterocycles. The number of hydrogen-bond acceptors (Lipinski definition) is 4. The maximum Gasteiger partial charge on any atom is 0.227 e. The first-order valence-corrected chi connectivity index (χ1v) is 5.20. The summed E-state index contributed by atoms with van der Waals surface area (Å²) in [6, 6.07) is 2.03. The van der Waals surface area contributed by atoms with Gasteiger partial charge in [-0.3, -0.25) is 4.79 Å². The van der Waals surface area contributed by atoms with Gasteiger partial charge >= 0.3 is 0 Å². The van der Waals surface area contributed by atoms with Crippen molar-refractivity contribution in [2.75, 3.05) is 11.9 Å². The molecule has 0 aromatic carbocycles. The summed E-state index contributed by atoms with van der Waals surface area (Å²) in [5.74, 6) is 1.18. The first-order chi connectivity index (χ1) is 7.24. The van der Waals surface area contributed by atoms with Crippen LogP contribution in [0.1, 0.15) is 25.0 Å². The van der Waals surface area contributed by atoms with Gasteiger partial charge in [0.25, 0.3) is 0 Å². The molecule has 2 rings (SSSR count). The van der Waals surface area contributed by atoms with Gasteiger partial charge in [0.15, 0.2) is 5.82 Å².